The van der Waals surface area contributed by atoms with Crippen molar-refractivity contribution in [3.63, 3.8) is 0 Å². The van der Waals surface area contributed by atoms with Crippen LogP contribution in [0.3, 0.4) is 0 Å². The number of nitrogens with one attached hydrogen (secondary N) is 1. The first-order chi connectivity index (χ1) is 11.7. The molecule has 0 atom stereocenters. The van der Waals surface area contributed by atoms with Crippen molar-refractivity contribution < 1.29 is 9.63 Å². The summed E-state index contributed by atoms with van der Waals surface area (Å²) in [4.78, 5) is 19.2. The van der Waals surface area contributed by atoms with Gasteiger partial charge in [0.2, 0.25) is 5.96 Å². The van der Waals surface area contributed by atoms with Crippen LogP contribution in [0.5, 0.6) is 0 Å². The molecule has 0 aliphatic carbocycles. The number of carbonyl (C=O) groups excluding carboxylic acids is 1. The summed E-state index contributed by atoms with van der Waals surface area (Å²) in [5.74, 6) is -0.260. The second kappa shape index (κ2) is 18.1. The van der Waals surface area contributed by atoms with Crippen LogP contribution in [-0.2, 0) is 9.63 Å². The van der Waals surface area contributed by atoms with Gasteiger partial charge in [-0.05, 0) is 6.42 Å². The molecule has 0 aromatic carbocycles. The summed E-state index contributed by atoms with van der Waals surface area (Å²) in [7, 11) is 0. The molecule has 142 valence electrons. The number of rotatable bonds is 15. The minimum absolute atomic E-state index is 0.167. The zero-order valence-electron chi connectivity index (χ0n) is 15.9. The van der Waals surface area contributed by atoms with Gasteiger partial charge in [0.1, 0.15) is 0 Å². The van der Waals surface area contributed by atoms with Crippen LogP contribution in [0, 0.1) is 0 Å². The number of guanidine groups is 1. The van der Waals surface area contributed by atoms with Crippen LogP contribution in [0.2, 0.25) is 0 Å². The van der Waals surface area contributed by atoms with E-state index in [1.807, 2.05) is 0 Å². The number of hydroxylamine groups is 1. The van der Waals surface area contributed by atoms with Crippen LogP contribution in [0.4, 0.5) is 0 Å². The molecule has 5 nitrogen and oxygen atoms in total. The monoisotopic (exact) mass is 341 g/mol. The van der Waals surface area contributed by atoms with Crippen molar-refractivity contribution in [1.82, 2.24) is 5.48 Å². The SMILES string of the molecule is CCCCCCCCCCCCCCCCN=C(N)NOC(C)=O. The summed E-state index contributed by atoms with van der Waals surface area (Å²) in [6, 6.07) is 0. The highest BCUT2D eigenvalue weighted by Crippen LogP contribution is 2.12. The summed E-state index contributed by atoms with van der Waals surface area (Å²) >= 11 is 0. The van der Waals surface area contributed by atoms with Gasteiger partial charge in [0.15, 0.2) is 0 Å². The molecule has 0 bridgehead atoms. The van der Waals surface area contributed by atoms with Gasteiger partial charge >= 0.3 is 5.97 Å². The van der Waals surface area contributed by atoms with Crippen molar-refractivity contribution in [2.45, 2.75) is 104 Å². The van der Waals surface area contributed by atoms with E-state index in [0.29, 0.717) is 6.54 Å². The van der Waals surface area contributed by atoms with E-state index in [9.17, 15) is 4.79 Å². The summed E-state index contributed by atoms with van der Waals surface area (Å²) in [6.45, 7) is 4.26. The molecule has 0 saturated heterocycles. The smallest absolute Gasteiger partial charge is 0.329 e. The third-order valence-corrected chi connectivity index (χ3v) is 4.09. The van der Waals surface area contributed by atoms with E-state index in [2.05, 4.69) is 22.2 Å². The Hall–Kier alpha value is -1.26. The van der Waals surface area contributed by atoms with Crippen molar-refractivity contribution >= 4 is 11.9 Å². The number of carbonyl (C=O) groups is 1. The first-order valence-corrected chi connectivity index (χ1v) is 9.90. The summed E-state index contributed by atoms with van der Waals surface area (Å²) in [5, 5.41) is 0. The van der Waals surface area contributed by atoms with E-state index in [-0.39, 0.29) is 5.96 Å². The molecule has 0 unspecified atom stereocenters. The van der Waals surface area contributed by atoms with Crippen molar-refractivity contribution in [2.75, 3.05) is 6.54 Å². The molecular formula is C19H39N3O2. The van der Waals surface area contributed by atoms with E-state index in [4.69, 9.17) is 5.73 Å². The lowest BCUT2D eigenvalue weighted by Gasteiger charge is -2.04. The average molecular weight is 342 g/mol. The number of unbranched alkanes of at least 4 members (excludes halogenated alkanes) is 13. The minimum Gasteiger partial charge on any atom is -0.368 e. The summed E-state index contributed by atoms with van der Waals surface area (Å²) in [6.07, 6.45) is 18.8. The summed E-state index contributed by atoms with van der Waals surface area (Å²) < 4.78 is 0. The van der Waals surface area contributed by atoms with Crippen LogP contribution in [0.25, 0.3) is 0 Å². The normalized spacial score (nSPS) is 11.5. The van der Waals surface area contributed by atoms with Gasteiger partial charge in [0.05, 0.1) is 0 Å². The lowest BCUT2D eigenvalue weighted by atomic mass is 10.0. The predicted molar refractivity (Wildman–Crippen MR) is 102 cm³/mol. The van der Waals surface area contributed by atoms with E-state index in [0.717, 1.165) is 6.42 Å². The van der Waals surface area contributed by atoms with Crippen LogP contribution >= 0.6 is 0 Å². The van der Waals surface area contributed by atoms with Crippen molar-refractivity contribution in [3.8, 4) is 0 Å². The maximum atomic E-state index is 10.6. The molecule has 24 heavy (non-hydrogen) atoms. The molecule has 0 aliphatic heterocycles. The van der Waals surface area contributed by atoms with Gasteiger partial charge in [0.25, 0.3) is 0 Å². The van der Waals surface area contributed by atoms with Gasteiger partial charge in [-0.25, -0.2) is 0 Å². The fraction of sp³-hybridized carbons (Fsp3) is 0.895. The Balaban J connectivity index is 3.17. The van der Waals surface area contributed by atoms with Gasteiger partial charge in [-0.15, -0.1) is 0 Å². The maximum Gasteiger partial charge on any atom is 0.329 e. The Morgan fingerprint density at radius 3 is 1.67 bits per heavy atom. The van der Waals surface area contributed by atoms with Gasteiger partial charge in [-0.2, -0.15) is 5.48 Å². The van der Waals surface area contributed by atoms with E-state index < -0.39 is 5.97 Å². The number of hydrogen-bond acceptors (Lipinski definition) is 3. The lowest BCUT2D eigenvalue weighted by Crippen LogP contribution is -2.33. The molecule has 0 aliphatic rings. The van der Waals surface area contributed by atoms with Crippen molar-refractivity contribution in [1.29, 1.82) is 0 Å². The van der Waals surface area contributed by atoms with Crippen LogP contribution in [0.1, 0.15) is 104 Å². The molecule has 0 radical (unpaired) electrons. The zero-order chi connectivity index (χ0) is 17.9. The van der Waals surface area contributed by atoms with Crippen molar-refractivity contribution in [2.24, 2.45) is 10.7 Å². The first-order valence-electron chi connectivity index (χ1n) is 9.90. The van der Waals surface area contributed by atoms with E-state index in [1.165, 1.54) is 90.4 Å². The number of aliphatic imine (C=N–C) groups is 1. The Bertz CT molecular complexity index is 320. The standard InChI is InChI=1S/C19H39N3O2/c1-3-4-5-6-7-8-9-10-11-12-13-14-15-16-17-21-19(20)22-24-18(2)23/h3-17H2,1-2H3,(H3,20,21,22). The van der Waals surface area contributed by atoms with Gasteiger partial charge < -0.3 is 10.6 Å². The quantitative estimate of drug-likeness (QED) is 0.193. The average Bonchev–Trinajstić information content (AvgIpc) is 2.56. The highest BCUT2D eigenvalue weighted by molar-refractivity contribution is 5.78. The van der Waals surface area contributed by atoms with Gasteiger partial charge in [0, 0.05) is 13.5 Å². The Morgan fingerprint density at radius 1 is 0.833 bits per heavy atom. The third-order valence-electron chi connectivity index (χ3n) is 4.09. The van der Waals surface area contributed by atoms with Gasteiger partial charge in [-0.3, -0.25) is 9.79 Å². The first kappa shape index (κ1) is 22.7. The highest BCUT2D eigenvalue weighted by Gasteiger charge is 1.96. The molecule has 3 N–H and O–H groups in total. The largest absolute Gasteiger partial charge is 0.368 e. The van der Waals surface area contributed by atoms with E-state index >= 15 is 0 Å². The molecule has 0 rings (SSSR count). The number of nitrogens with zero attached hydrogens (tertiary/aromatic N) is 1. The number of hydrogen-bond donors (Lipinski definition) is 2. The molecule has 5 heteroatoms. The van der Waals surface area contributed by atoms with Crippen LogP contribution in [0.15, 0.2) is 4.99 Å². The Labute approximate surface area is 148 Å². The maximum absolute atomic E-state index is 10.6. The molecule has 0 amide bonds. The topological polar surface area (TPSA) is 76.7 Å². The second-order valence-electron chi connectivity index (χ2n) is 6.56. The molecule has 0 aromatic heterocycles. The second-order valence-corrected chi connectivity index (χ2v) is 6.56. The van der Waals surface area contributed by atoms with E-state index in [1.54, 1.807) is 0 Å². The molecular weight excluding hydrogens is 302 g/mol. The molecule has 0 heterocycles. The molecule has 0 saturated carbocycles. The van der Waals surface area contributed by atoms with Crippen molar-refractivity contribution in [3.05, 3.63) is 0 Å². The predicted octanol–water partition coefficient (Wildman–Crippen LogP) is 4.85. The Kier molecular flexibility index (Phi) is 17.1. The number of nitrogens with two attached hydrogens (primary N) is 1. The highest BCUT2D eigenvalue weighted by atomic mass is 16.7. The Morgan fingerprint density at radius 2 is 1.25 bits per heavy atom. The molecule has 0 spiro atoms. The molecule has 0 aromatic rings. The van der Waals surface area contributed by atoms with Gasteiger partial charge in [-0.1, -0.05) is 90.4 Å². The lowest BCUT2D eigenvalue weighted by molar-refractivity contribution is -0.145. The zero-order valence-corrected chi connectivity index (χ0v) is 15.9. The fourth-order valence-corrected chi connectivity index (χ4v) is 2.66. The van der Waals surface area contributed by atoms with Crippen LogP contribution < -0.4 is 11.2 Å². The fourth-order valence-electron chi connectivity index (χ4n) is 2.66. The summed E-state index contributed by atoms with van der Waals surface area (Å²) in [5.41, 5.74) is 7.85. The third kappa shape index (κ3) is 18.8. The van der Waals surface area contributed by atoms with Crippen LogP contribution in [-0.4, -0.2) is 18.5 Å². The molecule has 0 fully saturated rings. The minimum atomic E-state index is -0.426.